The molecule has 0 amide bonds. The van der Waals surface area contributed by atoms with Crippen LogP contribution >= 0.6 is 69.1 Å². The molecule has 2 aromatic carbocycles. The molecule has 0 bridgehead atoms. The number of nitrogens with zero attached hydrogens (tertiary/aromatic N) is 3. The zero-order valence-corrected chi connectivity index (χ0v) is 20.4. The third-order valence-corrected chi connectivity index (χ3v) is 7.78. The van der Waals surface area contributed by atoms with Gasteiger partial charge in [-0.2, -0.15) is 5.10 Å². The number of hydrogen-bond acceptors (Lipinski definition) is 5. The molecule has 1 unspecified atom stereocenters. The monoisotopic (exact) mass is 523 g/mol. The zero-order valence-electron chi connectivity index (χ0n) is 15.7. The number of halogens is 4. The molecule has 5 rings (SSSR count). The van der Waals surface area contributed by atoms with Crippen molar-refractivity contribution in [3.05, 3.63) is 89.8 Å². The Morgan fingerprint density at radius 3 is 2.23 bits per heavy atom. The first-order valence-corrected chi connectivity index (χ1v) is 12.5. The van der Waals surface area contributed by atoms with Gasteiger partial charge < -0.3 is 0 Å². The Hall–Kier alpha value is -1.60. The lowest BCUT2D eigenvalue weighted by Gasteiger charge is -2.21. The van der Waals surface area contributed by atoms with Crippen molar-refractivity contribution in [2.75, 3.05) is 5.01 Å². The number of thiazole rings is 1. The van der Waals surface area contributed by atoms with E-state index in [4.69, 9.17) is 56.5 Å². The predicted molar refractivity (Wildman–Crippen MR) is 135 cm³/mol. The Balaban J connectivity index is 1.54. The molecule has 3 heterocycles. The number of benzene rings is 2. The van der Waals surface area contributed by atoms with Crippen LogP contribution in [-0.4, -0.2) is 10.7 Å². The highest BCUT2D eigenvalue weighted by Crippen LogP contribution is 2.42. The molecular weight excluding hydrogens is 512 g/mol. The van der Waals surface area contributed by atoms with Crippen LogP contribution in [0.1, 0.15) is 23.6 Å². The van der Waals surface area contributed by atoms with Gasteiger partial charge in [-0.3, -0.25) is 0 Å². The van der Waals surface area contributed by atoms with Crippen molar-refractivity contribution >= 4 is 79.9 Å². The van der Waals surface area contributed by atoms with E-state index in [2.05, 4.69) is 0 Å². The second-order valence-electron chi connectivity index (χ2n) is 6.92. The standard InChI is InChI=1S/C22H13Cl4N3S2/c23-14-5-1-12(2-6-14)18-11-30-22(27-18)29-19(13-3-7-15(24)8-4-13)10-17(28-29)16-9-20(25)31-21(16)26/h1-9,11,19H,10H2. The summed E-state index contributed by atoms with van der Waals surface area (Å²) >= 11 is 27.6. The number of hydrazone groups is 1. The van der Waals surface area contributed by atoms with Crippen LogP contribution in [0, 0.1) is 0 Å². The Morgan fingerprint density at radius 2 is 1.58 bits per heavy atom. The lowest BCUT2D eigenvalue weighted by atomic mass is 10.00. The van der Waals surface area contributed by atoms with Crippen LogP contribution in [0.4, 0.5) is 5.13 Å². The molecule has 0 radical (unpaired) electrons. The Labute approximate surface area is 207 Å². The quantitative estimate of drug-likeness (QED) is 0.266. The van der Waals surface area contributed by atoms with Crippen LogP contribution in [-0.2, 0) is 0 Å². The summed E-state index contributed by atoms with van der Waals surface area (Å²) in [7, 11) is 0. The molecule has 31 heavy (non-hydrogen) atoms. The average Bonchev–Trinajstić information content (AvgIpc) is 3.47. The first kappa shape index (κ1) is 21.3. The maximum atomic E-state index is 6.42. The summed E-state index contributed by atoms with van der Waals surface area (Å²) in [6.45, 7) is 0. The summed E-state index contributed by atoms with van der Waals surface area (Å²) < 4.78 is 1.28. The summed E-state index contributed by atoms with van der Waals surface area (Å²) in [5.74, 6) is 0. The minimum atomic E-state index is -0.0220. The van der Waals surface area contributed by atoms with E-state index in [0.29, 0.717) is 25.1 Å². The topological polar surface area (TPSA) is 28.5 Å². The minimum Gasteiger partial charge on any atom is -0.231 e. The summed E-state index contributed by atoms with van der Waals surface area (Å²) in [6, 6.07) is 17.3. The van der Waals surface area contributed by atoms with E-state index in [-0.39, 0.29) is 6.04 Å². The Morgan fingerprint density at radius 1 is 0.903 bits per heavy atom. The molecule has 0 spiro atoms. The largest absolute Gasteiger partial charge is 0.231 e. The molecule has 9 heteroatoms. The number of thiophene rings is 1. The Kier molecular flexibility index (Phi) is 5.99. The van der Waals surface area contributed by atoms with Crippen LogP contribution in [0.3, 0.4) is 0 Å². The summed E-state index contributed by atoms with van der Waals surface area (Å²) in [6.07, 6.45) is 0.685. The van der Waals surface area contributed by atoms with Crippen molar-refractivity contribution in [1.82, 2.24) is 4.98 Å². The zero-order chi connectivity index (χ0) is 21.5. The second-order valence-corrected chi connectivity index (χ2v) is 10.9. The van der Waals surface area contributed by atoms with Crippen molar-refractivity contribution in [3.63, 3.8) is 0 Å². The molecular formula is C22H13Cl4N3S2. The molecule has 1 atom stereocenters. The lowest BCUT2D eigenvalue weighted by Crippen LogP contribution is -2.18. The number of rotatable bonds is 4. The van der Waals surface area contributed by atoms with E-state index in [1.807, 2.05) is 65.0 Å². The highest BCUT2D eigenvalue weighted by molar-refractivity contribution is 7.20. The second kappa shape index (κ2) is 8.74. The summed E-state index contributed by atoms with van der Waals surface area (Å²) in [4.78, 5) is 4.85. The number of hydrogen-bond donors (Lipinski definition) is 0. The van der Waals surface area contributed by atoms with Crippen molar-refractivity contribution in [2.45, 2.75) is 12.5 Å². The van der Waals surface area contributed by atoms with Crippen LogP contribution in [0.15, 0.2) is 65.1 Å². The van der Waals surface area contributed by atoms with Gasteiger partial charge in [-0.05, 0) is 35.9 Å². The average molecular weight is 525 g/mol. The van der Waals surface area contributed by atoms with Gasteiger partial charge in [-0.1, -0.05) is 70.7 Å². The smallest absolute Gasteiger partial charge is 0.207 e. The van der Waals surface area contributed by atoms with E-state index in [1.165, 1.54) is 11.3 Å². The van der Waals surface area contributed by atoms with Crippen LogP contribution in [0.2, 0.25) is 18.7 Å². The van der Waals surface area contributed by atoms with Gasteiger partial charge in [0.05, 0.1) is 21.8 Å². The maximum absolute atomic E-state index is 6.42. The van der Waals surface area contributed by atoms with Crippen LogP contribution in [0.25, 0.3) is 11.3 Å². The van der Waals surface area contributed by atoms with Gasteiger partial charge in [-0.15, -0.1) is 22.7 Å². The minimum absolute atomic E-state index is 0.0220. The van der Waals surface area contributed by atoms with Gasteiger partial charge in [-0.25, -0.2) is 9.99 Å². The van der Waals surface area contributed by atoms with Crippen molar-refractivity contribution in [2.24, 2.45) is 5.10 Å². The molecule has 0 N–H and O–H groups in total. The van der Waals surface area contributed by atoms with E-state index < -0.39 is 0 Å². The van der Waals surface area contributed by atoms with Gasteiger partial charge in [0.2, 0.25) is 5.13 Å². The molecule has 0 saturated heterocycles. The van der Waals surface area contributed by atoms with E-state index in [0.717, 1.165) is 33.2 Å². The SMILES string of the molecule is Clc1ccc(-c2csc(N3N=C(c4cc(Cl)sc4Cl)CC3c3ccc(Cl)cc3)n2)cc1. The fourth-order valence-electron chi connectivity index (χ4n) is 3.45. The number of aromatic nitrogens is 1. The molecule has 0 aliphatic carbocycles. The van der Waals surface area contributed by atoms with Gasteiger partial charge in [0.25, 0.3) is 0 Å². The molecule has 2 aromatic heterocycles. The fourth-order valence-corrected chi connectivity index (χ4v) is 6.05. The third kappa shape index (κ3) is 4.36. The van der Waals surface area contributed by atoms with Gasteiger partial charge in [0.15, 0.2) is 0 Å². The van der Waals surface area contributed by atoms with Crippen LogP contribution < -0.4 is 5.01 Å². The highest BCUT2D eigenvalue weighted by atomic mass is 35.5. The van der Waals surface area contributed by atoms with Gasteiger partial charge >= 0.3 is 0 Å². The summed E-state index contributed by atoms with van der Waals surface area (Å²) in [5, 5.41) is 11.1. The lowest BCUT2D eigenvalue weighted by molar-refractivity contribution is 0.706. The Bertz CT molecular complexity index is 1260. The number of anilines is 1. The van der Waals surface area contributed by atoms with Crippen molar-refractivity contribution in [3.8, 4) is 11.3 Å². The molecule has 156 valence electrons. The predicted octanol–water partition coefficient (Wildman–Crippen LogP) is 8.84. The molecule has 0 fully saturated rings. The van der Waals surface area contributed by atoms with E-state index in [1.54, 1.807) is 11.3 Å². The van der Waals surface area contributed by atoms with E-state index >= 15 is 0 Å². The van der Waals surface area contributed by atoms with Crippen molar-refractivity contribution < 1.29 is 0 Å². The molecule has 1 aliphatic heterocycles. The fraction of sp³-hybridized carbons (Fsp3) is 0.0909. The highest BCUT2D eigenvalue weighted by Gasteiger charge is 2.33. The van der Waals surface area contributed by atoms with Gasteiger partial charge in [0.1, 0.15) is 4.34 Å². The third-order valence-electron chi connectivity index (χ3n) is 4.96. The molecule has 3 nitrogen and oxygen atoms in total. The first-order chi connectivity index (χ1) is 15.0. The molecule has 1 aliphatic rings. The van der Waals surface area contributed by atoms with Gasteiger partial charge in [0, 0.05) is 33.0 Å². The maximum Gasteiger partial charge on any atom is 0.207 e. The van der Waals surface area contributed by atoms with E-state index in [9.17, 15) is 0 Å². The van der Waals surface area contributed by atoms with Crippen LogP contribution in [0.5, 0.6) is 0 Å². The van der Waals surface area contributed by atoms with Crippen molar-refractivity contribution in [1.29, 1.82) is 0 Å². The summed E-state index contributed by atoms with van der Waals surface area (Å²) in [5.41, 5.74) is 4.74. The molecule has 0 saturated carbocycles. The normalized spacial score (nSPS) is 16.1. The first-order valence-electron chi connectivity index (χ1n) is 9.27. The molecule has 4 aromatic rings.